The van der Waals surface area contributed by atoms with Crippen molar-refractivity contribution in [1.82, 2.24) is 19.4 Å². The van der Waals surface area contributed by atoms with E-state index in [0.717, 1.165) is 34.8 Å². The maximum absolute atomic E-state index is 12.9. The highest BCUT2D eigenvalue weighted by atomic mass is 35.5. The van der Waals surface area contributed by atoms with E-state index in [4.69, 9.17) is 16.6 Å². The van der Waals surface area contributed by atoms with Gasteiger partial charge in [-0.3, -0.25) is 4.79 Å². The molecule has 2 fully saturated rings. The summed E-state index contributed by atoms with van der Waals surface area (Å²) in [4.78, 5) is 26.1. The van der Waals surface area contributed by atoms with Gasteiger partial charge in [0.05, 0.1) is 18.8 Å². The van der Waals surface area contributed by atoms with Crippen LogP contribution in [0.4, 0.5) is 11.6 Å². The van der Waals surface area contributed by atoms with Gasteiger partial charge in [0.1, 0.15) is 23.6 Å². The summed E-state index contributed by atoms with van der Waals surface area (Å²) in [5.74, 6) is 1.87. The SMILES string of the molecule is CC1([C@H]2C[C@@H]2C(=O)Nc2cc(NCc3cn4cc(C5CC5)cc(CO)c4n3)ncn2)C=CC=C(Cl)C1. The Morgan fingerprint density at radius 1 is 1.25 bits per heavy atom. The number of hydrogen-bond donors (Lipinski definition) is 3. The second-order valence-electron chi connectivity index (χ2n) is 10.4. The number of amides is 1. The van der Waals surface area contributed by atoms with E-state index in [9.17, 15) is 9.90 Å². The number of aromatic nitrogens is 4. The Hall–Kier alpha value is -3.23. The van der Waals surface area contributed by atoms with Crippen molar-refractivity contribution in [3.05, 3.63) is 70.9 Å². The van der Waals surface area contributed by atoms with E-state index in [1.807, 2.05) is 22.7 Å². The number of fused-ring (bicyclic) bond motifs is 1. The predicted molar refractivity (Wildman–Crippen MR) is 138 cm³/mol. The molecule has 2 saturated carbocycles. The van der Waals surface area contributed by atoms with Crippen molar-refractivity contribution in [2.75, 3.05) is 10.6 Å². The van der Waals surface area contributed by atoms with E-state index in [-0.39, 0.29) is 29.8 Å². The van der Waals surface area contributed by atoms with Gasteiger partial charge in [0.2, 0.25) is 5.91 Å². The molecule has 9 heteroatoms. The van der Waals surface area contributed by atoms with Gasteiger partial charge in [-0.15, -0.1) is 0 Å². The minimum absolute atomic E-state index is 0.0201. The number of allylic oxidation sites excluding steroid dienone is 4. The summed E-state index contributed by atoms with van der Waals surface area (Å²) >= 11 is 6.25. The first kappa shape index (κ1) is 23.2. The maximum atomic E-state index is 12.9. The summed E-state index contributed by atoms with van der Waals surface area (Å²) in [6.07, 6.45) is 15.6. The van der Waals surface area contributed by atoms with Crippen molar-refractivity contribution in [3.63, 3.8) is 0 Å². The van der Waals surface area contributed by atoms with Crippen LogP contribution in [0.2, 0.25) is 0 Å². The molecule has 3 aliphatic carbocycles. The summed E-state index contributed by atoms with van der Waals surface area (Å²) in [6.45, 7) is 2.59. The van der Waals surface area contributed by atoms with Gasteiger partial charge in [-0.25, -0.2) is 15.0 Å². The zero-order chi connectivity index (χ0) is 24.9. The molecule has 0 saturated heterocycles. The minimum Gasteiger partial charge on any atom is -0.392 e. The van der Waals surface area contributed by atoms with Gasteiger partial charge in [0, 0.05) is 35.0 Å². The number of nitrogens with one attached hydrogen (secondary N) is 2. The van der Waals surface area contributed by atoms with Crippen LogP contribution < -0.4 is 10.6 Å². The van der Waals surface area contributed by atoms with Crippen molar-refractivity contribution in [1.29, 1.82) is 0 Å². The number of imidazole rings is 1. The van der Waals surface area contributed by atoms with Crippen LogP contribution in [-0.2, 0) is 17.9 Å². The quantitative estimate of drug-likeness (QED) is 0.408. The molecule has 0 aromatic carbocycles. The Morgan fingerprint density at radius 2 is 2.08 bits per heavy atom. The van der Waals surface area contributed by atoms with Crippen LogP contribution in [0.3, 0.4) is 0 Å². The number of carbonyl (C=O) groups is 1. The van der Waals surface area contributed by atoms with E-state index in [1.54, 1.807) is 6.07 Å². The molecule has 3 aromatic heterocycles. The molecule has 1 unspecified atom stereocenters. The fourth-order valence-electron chi connectivity index (χ4n) is 5.33. The fraction of sp³-hybridized carbons (Fsp3) is 0.407. The second kappa shape index (κ2) is 9.01. The van der Waals surface area contributed by atoms with Gasteiger partial charge in [-0.1, -0.05) is 30.7 Å². The molecule has 6 rings (SSSR count). The summed E-state index contributed by atoms with van der Waals surface area (Å²) in [5, 5.41) is 16.9. The molecule has 0 spiro atoms. The first-order valence-electron chi connectivity index (χ1n) is 12.4. The summed E-state index contributed by atoms with van der Waals surface area (Å²) < 4.78 is 2.00. The van der Waals surface area contributed by atoms with E-state index in [1.165, 1.54) is 24.7 Å². The van der Waals surface area contributed by atoms with E-state index < -0.39 is 0 Å². The number of anilines is 2. The number of pyridine rings is 1. The average Bonchev–Trinajstić information content (AvgIpc) is 3.78. The molecule has 36 heavy (non-hydrogen) atoms. The Bertz CT molecular complexity index is 1390. The van der Waals surface area contributed by atoms with Crippen LogP contribution in [0.25, 0.3) is 5.65 Å². The van der Waals surface area contributed by atoms with Crippen LogP contribution in [0.1, 0.15) is 55.3 Å². The van der Waals surface area contributed by atoms with Crippen LogP contribution >= 0.6 is 11.6 Å². The monoisotopic (exact) mass is 504 g/mol. The van der Waals surface area contributed by atoms with Crippen LogP contribution in [0.15, 0.2) is 54.1 Å². The van der Waals surface area contributed by atoms with Gasteiger partial charge in [0.15, 0.2) is 0 Å². The molecule has 186 valence electrons. The lowest BCUT2D eigenvalue weighted by molar-refractivity contribution is -0.117. The highest BCUT2D eigenvalue weighted by molar-refractivity contribution is 6.29. The van der Waals surface area contributed by atoms with E-state index in [0.29, 0.717) is 24.1 Å². The van der Waals surface area contributed by atoms with Crippen LogP contribution in [-0.4, -0.2) is 30.4 Å². The molecule has 3 N–H and O–H groups in total. The molecule has 8 nitrogen and oxygen atoms in total. The highest BCUT2D eigenvalue weighted by Crippen LogP contribution is 2.56. The third-order valence-electron chi connectivity index (χ3n) is 7.56. The second-order valence-corrected chi connectivity index (χ2v) is 10.9. The summed E-state index contributed by atoms with van der Waals surface area (Å²) in [7, 11) is 0. The largest absolute Gasteiger partial charge is 0.392 e. The van der Waals surface area contributed by atoms with Gasteiger partial charge in [-0.05, 0) is 60.6 Å². The minimum atomic E-state index is -0.0877. The highest BCUT2D eigenvalue weighted by Gasteiger charge is 2.52. The van der Waals surface area contributed by atoms with Crippen molar-refractivity contribution < 1.29 is 9.90 Å². The first-order chi connectivity index (χ1) is 17.4. The maximum Gasteiger partial charge on any atom is 0.228 e. The molecule has 0 bridgehead atoms. The van der Waals surface area contributed by atoms with E-state index in [2.05, 4.69) is 45.9 Å². The predicted octanol–water partition coefficient (Wildman–Crippen LogP) is 4.77. The molecular formula is C27H29ClN6O2. The Kier molecular flexibility index (Phi) is 5.80. The number of aliphatic hydroxyl groups is 1. The smallest absolute Gasteiger partial charge is 0.228 e. The number of hydrogen-bond acceptors (Lipinski definition) is 6. The van der Waals surface area contributed by atoms with Gasteiger partial charge in [0.25, 0.3) is 0 Å². The molecule has 0 radical (unpaired) electrons. The van der Waals surface area contributed by atoms with Gasteiger partial charge >= 0.3 is 0 Å². The number of rotatable bonds is 8. The van der Waals surface area contributed by atoms with Gasteiger partial charge in [-0.2, -0.15) is 0 Å². The average molecular weight is 505 g/mol. The fourth-order valence-corrected chi connectivity index (χ4v) is 5.69. The zero-order valence-electron chi connectivity index (χ0n) is 20.1. The Labute approximate surface area is 214 Å². The third kappa shape index (κ3) is 4.63. The lowest BCUT2D eigenvalue weighted by Crippen LogP contribution is -2.23. The number of nitrogens with zero attached hydrogens (tertiary/aromatic N) is 4. The molecule has 1 amide bonds. The molecule has 3 atom stereocenters. The number of aliphatic hydroxyl groups excluding tert-OH is 1. The van der Waals surface area contributed by atoms with E-state index >= 15 is 0 Å². The lowest BCUT2D eigenvalue weighted by atomic mass is 9.78. The zero-order valence-corrected chi connectivity index (χ0v) is 20.9. The molecule has 3 aromatic rings. The lowest BCUT2D eigenvalue weighted by Gasteiger charge is -2.28. The molecule has 3 heterocycles. The topological polar surface area (TPSA) is 104 Å². The first-order valence-corrected chi connectivity index (χ1v) is 12.8. The Morgan fingerprint density at radius 3 is 2.86 bits per heavy atom. The third-order valence-corrected chi connectivity index (χ3v) is 7.82. The molecule has 3 aliphatic rings. The normalized spacial score (nSPS) is 25.0. The Balaban J connectivity index is 1.09. The van der Waals surface area contributed by atoms with Gasteiger partial charge < -0.3 is 20.1 Å². The molecular weight excluding hydrogens is 476 g/mol. The van der Waals surface area contributed by atoms with Crippen LogP contribution in [0, 0.1) is 17.3 Å². The van der Waals surface area contributed by atoms with Crippen molar-refractivity contribution in [3.8, 4) is 0 Å². The van der Waals surface area contributed by atoms with Crippen molar-refractivity contribution in [2.24, 2.45) is 17.3 Å². The summed E-state index contributed by atoms with van der Waals surface area (Å²) in [6, 6.07) is 3.80. The van der Waals surface area contributed by atoms with Crippen molar-refractivity contribution >= 4 is 34.8 Å². The van der Waals surface area contributed by atoms with Crippen molar-refractivity contribution in [2.45, 2.75) is 51.7 Å². The summed E-state index contributed by atoms with van der Waals surface area (Å²) in [5.41, 5.74) is 3.61. The van der Waals surface area contributed by atoms with Crippen LogP contribution in [0.5, 0.6) is 0 Å². The standard InChI is InChI=1S/C27H29ClN6O2/c1-27(6-2-3-19(28)10-27)22-8-21(22)26(36)33-24-9-23(30-15-31-24)29-11-20-13-34-12-17(16-4-5-16)7-18(14-35)25(34)32-20/h2-3,6-7,9,12-13,15-16,21-22,35H,4-5,8,10-11,14H2,1H3,(H2,29,30,31,33,36)/t21-,22-,27?/m0/s1. The number of halogens is 1. The molecule has 0 aliphatic heterocycles. The number of carbonyl (C=O) groups excluding carboxylic acids is 1.